The summed E-state index contributed by atoms with van der Waals surface area (Å²) in [5.74, 6) is 0. The summed E-state index contributed by atoms with van der Waals surface area (Å²) in [7, 11) is 3.40. The van der Waals surface area contributed by atoms with Gasteiger partial charge in [0.15, 0.2) is 0 Å². The molecule has 13 heavy (non-hydrogen) atoms. The van der Waals surface area contributed by atoms with E-state index in [9.17, 15) is 4.79 Å². The summed E-state index contributed by atoms with van der Waals surface area (Å²) in [4.78, 5) is 12.7. The van der Waals surface area contributed by atoms with E-state index in [0.29, 0.717) is 0 Å². The van der Waals surface area contributed by atoms with Gasteiger partial charge in [-0.25, -0.2) is 4.79 Å². The van der Waals surface area contributed by atoms with Crippen LogP contribution < -0.4 is 5.32 Å². The Morgan fingerprint density at radius 2 is 2.23 bits per heavy atom. The molecule has 0 spiro atoms. The Morgan fingerprint density at radius 1 is 1.46 bits per heavy atom. The van der Waals surface area contributed by atoms with Gasteiger partial charge < -0.3 is 15.0 Å². The predicted octanol–water partition coefficient (Wildman–Crippen LogP) is 0.827. The lowest BCUT2D eigenvalue weighted by molar-refractivity contribution is 0.0724. The number of carbonyl (C=O) groups excluding carboxylic acids is 1. The Balaban J connectivity index is 2.29. The van der Waals surface area contributed by atoms with Crippen molar-refractivity contribution in [3.8, 4) is 0 Å². The molecule has 1 fully saturated rings. The Morgan fingerprint density at radius 3 is 2.92 bits per heavy atom. The van der Waals surface area contributed by atoms with Gasteiger partial charge in [-0.2, -0.15) is 0 Å². The molecule has 0 saturated carbocycles. The minimum Gasteiger partial charge on any atom is -0.445 e. The van der Waals surface area contributed by atoms with Crippen LogP contribution in [0.4, 0.5) is 4.79 Å². The molecule has 76 valence electrons. The fraction of sp³-hybridized carbons (Fsp3) is 0.889. The third-order valence-corrected chi connectivity index (χ3v) is 2.13. The smallest absolute Gasteiger partial charge is 0.409 e. The molecule has 0 bridgehead atoms. The van der Waals surface area contributed by atoms with Gasteiger partial charge in [-0.15, -0.1) is 0 Å². The second kappa shape index (κ2) is 5.07. The molecule has 0 aromatic carbocycles. The van der Waals surface area contributed by atoms with Crippen LogP contribution in [0.1, 0.15) is 19.3 Å². The van der Waals surface area contributed by atoms with Gasteiger partial charge in [-0.1, -0.05) is 0 Å². The van der Waals surface area contributed by atoms with Crippen LogP contribution in [0, 0.1) is 0 Å². The van der Waals surface area contributed by atoms with E-state index < -0.39 is 0 Å². The van der Waals surface area contributed by atoms with Crippen molar-refractivity contribution in [3.63, 3.8) is 0 Å². The normalized spacial score (nSPS) is 23.4. The van der Waals surface area contributed by atoms with Gasteiger partial charge in [0.25, 0.3) is 0 Å². The monoisotopic (exact) mass is 186 g/mol. The van der Waals surface area contributed by atoms with Gasteiger partial charge >= 0.3 is 6.09 Å². The summed E-state index contributed by atoms with van der Waals surface area (Å²) >= 11 is 0. The van der Waals surface area contributed by atoms with Gasteiger partial charge in [0.05, 0.1) is 0 Å². The number of amides is 1. The van der Waals surface area contributed by atoms with E-state index in [1.807, 2.05) is 0 Å². The third kappa shape index (κ3) is 3.63. The van der Waals surface area contributed by atoms with E-state index in [1.54, 1.807) is 14.1 Å². The average molecular weight is 186 g/mol. The second-order valence-corrected chi connectivity index (χ2v) is 3.60. The zero-order valence-electron chi connectivity index (χ0n) is 8.38. The first kappa shape index (κ1) is 10.3. The van der Waals surface area contributed by atoms with Crippen molar-refractivity contribution in [2.45, 2.75) is 25.4 Å². The Kier molecular flexibility index (Phi) is 4.02. The van der Waals surface area contributed by atoms with Crippen molar-refractivity contribution in [1.82, 2.24) is 10.2 Å². The molecule has 0 aromatic rings. The molecule has 1 atom stereocenters. The molecule has 1 rings (SSSR count). The van der Waals surface area contributed by atoms with Crippen molar-refractivity contribution in [1.29, 1.82) is 0 Å². The lowest BCUT2D eigenvalue weighted by Gasteiger charge is -2.18. The molecular formula is C9H18N2O2. The molecule has 1 N–H and O–H groups in total. The van der Waals surface area contributed by atoms with Crippen LogP contribution in [-0.4, -0.2) is 44.3 Å². The molecule has 1 heterocycles. The molecule has 1 unspecified atom stereocenters. The van der Waals surface area contributed by atoms with Crippen LogP contribution in [0.5, 0.6) is 0 Å². The molecule has 0 aliphatic carbocycles. The number of rotatable bonds is 1. The van der Waals surface area contributed by atoms with Crippen LogP contribution in [0.25, 0.3) is 0 Å². The first-order valence-corrected chi connectivity index (χ1v) is 4.79. The van der Waals surface area contributed by atoms with Crippen LogP contribution in [0.3, 0.4) is 0 Å². The van der Waals surface area contributed by atoms with Crippen molar-refractivity contribution in [2.75, 3.05) is 27.2 Å². The van der Waals surface area contributed by atoms with Gasteiger partial charge in [-0.3, -0.25) is 0 Å². The van der Waals surface area contributed by atoms with E-state index in [0.717, 1.165) is 25.9 Å². The van der Waals surface area contributed by atoms with Gasteiger partial charge in [0.1, 0.15) is 6.10 Å². The molecule has 4 nitrogen and oxygen atoms in total. The van der Waals surface area contributed by atoms with Crippen LogP contribution in [-0.2, 0) is 4.74 Å². The summed E-state index contributed by atoms with van der Waals surface area (Å²) in [5, 5.41) is 3.25. The summed E-state index contributed by atoms with van der Waals surface area (Å²) < 4.78 is 5.26. The third-order valence-electron chi connectivity index (χ3n) is 2.13. The zero-order chi connectivity index (χ0) is 9.68. The highest BCUT2D eigenvalue weighted by Gasteiger charge is 2.16. The first-order valence-electron chi connectivity index (χ1n) is 4.79. The van der Waals surface area contributed by atoms with E-state index in [1.165, 1.54) is 11.3 Å². The van der Waals surface area contributed by atoms with Crippen molar-refractivity contribution in [2.24, 2.45) is 0 Å². The van der Waals surface area contributed by atoms with Crippen molar-refractivity contribution < 1.29 is 9.53 Å². The number of carbonyl (C=O) groups is 1. The number of nitrogens with one attached hydrogen (secondary N) is 1. The molecule has 4 heteroatoms. The standard InChI is InChI=1S/C9H18N2O2/c1-11(2)9(12)13-8-5-3-4-6-10-7-8/h8,10H,3-7H2,1-2H3. The fourth-order valence-electron chi connectivity index (χ4n) is 1.34. The molecular weight excluding hydrogens is 168 g/mol. The van der Waals surface area contributed by atoms with E-state index in [2.05, 4.69) is 5.32 Å². The maximum atomic E-state index is 11.2. The van der Waals surface area contributed by atoms with Gasteiger partial charge in [-0.05, 0) is 25.8 Å². The Bertz CT molecular complexity index is 163. The topological polar surface area (TPSA) is 41.6 Å². The minimum absolute atomic E-state index is 0.0531. The van der Waals surface area contributed by atoms with Crippen LogP contribution in [0.2, 0.25) is 0 Å². The summed E-state index contributed by atoms with van der Waals surface area (Å²) in [6, 6.07) is 0. The fourth-order valence-corrected chi connectivity index (χ4v) is 1.34. The molecule has 1 aliphatic rings. The maximum absolute atomic E-state index is 11.2. The molecule has 1 aliphatic heterocycles. The quantitative estimate of drug-likeness (QED) is 0.659. The highest BCUT2D eigenvalue weighted by atomic mass is 16.6. The minimum atomic E-state index is -0.242. The Labute approximate surface area is 79.2 Å². The number of hydrogen-bond acceptors (Lipinski definition) is 3. The highest BCUT2D eigenvalue weighted by molar-refractivity contribution is 5.66. The van der Waals surface area contributed by atoms with Crippen molar-refractivity contribution in [3.05, 3.63) is 0 Å². The Hall–Kier alpha value is -0.770. The molecule has 1 saturated heterocycles. The number of ether oxygens (including phenoxy) is 1. The van der Waals surface area contributed by atoms with Crippen molar-refractivity contribution >= 4 is 6.09 Å². The molecule has 1 amide bonds. The SMILES string of the molecule is CN(C)C(=O)OC1CCCCNC1. The number of hydrogen-bond donors (Lipinski definition) is 1. The maximum Gasteiger partial charge on any atom is 0.409 e. The first-order chi connectivity index (χ1) is 6.20. The van der Waals surface area contributed by atoms with E-state index in [-0.39, 0.29) is 12.2 Å². The van der Waals surface area contributed by atoms with Gasteiger partial charge in [0, 0.05) is 20.6 Å². The predicted molar refractivity (Wildman–Crippen MR) is 50.7 cm³/mol. The van der Waals surface area contributed by atoms with Crippen LogP contribution in [0.15, 0.2) is 0 Å². The summed E-state index contributed by atoms with van der Waals surface area (Å²) in [5.41, 5.74) is 0. The van der Waals surface area contributed by atoms with Crippen LogP contribution >= 0.6 is 0 Å². The highest BCUT2D eigenvalue weighted by Crippen LogP contribution is 2.08. The van der Waals surface area contributed by atoms with Gasteiger partial charge in [0.2, 0.25) is 0 Å². The molecule has 0 radical (unpaired) electrons. The lowest BCUT2D eigenvalue weighted by Crippen LogP contribution is -2.33. The summed E-state index contributed by atoms with van der Waals surface area (Å²) in [6.45, 7) is 1.83. The lowest BCUT2D eigenvalue weighted by atomic mass is 10.2. The molecule has 0 aromatic heterocycles. The zero-order valence-corrected chi connectivity index (χ0v) is 8.38. The second-order valence-electron chi connectivity index (χ2n) is 3.60. The number of nitrogens with zero attached hydrogens (tertiary/aromatic N) is 1. The summed E-state index contributed by atoms with van der Waals surface area (Å²) in [6.07, 6.45) is 3.10. The van der Waals surface area contributed by atoms with E-state index in [4.69, 9.17) is 4.74 Å². The largest absolute Gasteiger partial charge is 0.445 e. The van der Waals surface area contributed by atoms with E-state index >= 15 is 0 Å². The average Bonchev–Trinajstić information content (AvgIpc) is 2.32.